The maximum absolute atomic E-state index is 13.0. The van der Waals surface area contributed by atoms with E-state index < -0.39 is 16.8 Å². The third-order valence-corrected chi connectivity index (χ3v) is 6.97. The van der Waals surface area contributed by atoms with E-state index in [0.29, 0.717) is 57.9 Å². The minimum absolute atomic E-state index is 0.00656. The predicted octanol–water partition coefficient (Wildman–Crippen LogP) is 0.559. The number of rotatable bonds is 24. The number of nitrogens with zero attached hydrogens (tertiary/aromatic N) is 1. The Kier molecular flexibility index (Phi) is 18.8. The van der Waals surface area contributed by atoms with Gasteiger partial charge in [-0.1, -0.05) is 0 Å². The van der Waals surface area contributed by atoms with Gasteiger partial charge in [0.25, 0.3) is 0 Å². The average molecular weight is 592 g/mol. The van der Waals surface area contributed by atoms with Gasteiger partial charge >= 0.3 is 0 Å². The normalized spacial score (nSPS) is 14.2. The van der Waals surface area contributed by atoms with Crippen LogP contribution in [0.1, 0.15) is 80.6 Å². The van der Waals surface area contributed by atoms with Crippen molar-refractivity contribution in [3.05, 3.63) is 0 Å². The number of amides is 2. The van der Waals surface area contributed by atoms with E-state index in [1.165, 1.54) is 0 Å². The molecular weight excluding hydrogens is 530 g/mol. The Labute approximate surface area is 249 Å². The van der Waals surface area contributed by atoms with Crippen molar-refractivity contribution in [2.75, 3.05) is 64.8 Å². The Morgan fingerprint density at radius 3 is 2.17 bits per heavy atom. The van der Waals surface area contributed by atoms with Gasteiger partial charge in [0, 0.05) is 56.8 Å². The molecule has 0 rings (SSSR count). The number of nitrogens with one attached hydrogen (secondary N) is 4. The number of hydrogen-bond acceptors (Lipinski definition) is 10. The molecular formula is C28H61N7O4S. The number of aliphatic hydroxyl groups excluding tert-OH is 1. The second-order valence-corrected chi connectivity index (χ2v) is 13.2. The molecule has 238 valence electrons. The van der Waals surface area contributed by atoms with Crippen molar-refractivity contribution in [1.82, 2.24) is 26.2 Å². The van der Waals surface area contributed by atoms with Crippen LogP contribution in [0.4, 0.5) is 0 Å². The second kappa shape index (κ2) is 19.2. The van der Waals surface area contributed by atoms with E-state index >= 15 is 0 Å². The maximum atomic E-state index is 13.0. The molecule has 0 aliphatic carbocycles. The van der Waals surface area contributed by atoms with Crippen molar-refractivity contribution in [2.45, 2.75) is 103 Å². The summed E-state index contributed by atoms with van der Waals surface area (Å²) in [6.07, 6.45) is 2.87. The van der Waals surface area contributed by atoms with Gasteiger partial charge < -0.3 is 42.2 Å². The molecule has 0 radical (unpaired) electrons. The van der Waals surface area contributed by atoms with Crippen LogP contribution in [0, 0.1) is 0 Å². The number of thiol groups is 1. The fourth-order valence-corrected chi connectivity index (χ4v) is 4.37. The fraction of sp³-hybridized carbons (Fsp3) is 0.929. The summed E-state index contributed by atoms with van der Waals surface area (Å²) in [5, 5.41) is 22.7. The van der Waals surface area contributed by atoms with Gasteiger partial charge in [-0.2, -0.15) is 12.6 Å². The lowest BCUT2D eigenvalue weighted by Gasteiger charge is -2.32. The summed E-state index contributed by atoms with van der Waals surface area (Å²) in [6, 6.07) is 0. The maximum Gasteiger partial charge on any atom is 0.225 e. The molecule has 1 atom stereocenters. The number of ether oxygens (including phenoxy) is 1. The number of aliphatic hydroxyl groups is 1. The van der Waals surface area contributed by atoms with Crippen molar-refractivity contribution in [3.63, 3.8) is 0 Å². The van der Waals surface area contributed by atoms with Crippen molar-refractivity contribution >= 4 is 24.4 Å². The van der Waals surface area contributed by atoms with Crippen LogP contribution in [0.3, 0.4) is 0 Å². The van der Waals surface area contributed by atoms with Crippen molar-refractivity contribution < 1.29 is 19.4 Å². The molecule has 0 aromatic carbocycles. The first-order valence-electron chi connectivity index (χ1n) is 14.6. The molecule has 40 heavy (non-hydrogen) atoms. The van der Waals surface area contributed by atoms with Crippen LogP contribution in [0.25, 0.3) is 0 Å². The Morgan fingerprint density at radius 2 is 1.57 bits per heavy atom. The first kappa shape index (κ1) is 39.0. The van der Waals surface area contributed by atoms with Gasteiger partial charge in [-0.05, 0) is 86.6 Å². The second-order valence-electron chi connectivity index (χ2n) is 12.7. The highest BCUT2D eigenvalue weighted by atomic mass is 32.1. The number of carbonyl (C=O) groups is 2. The van der Waals surface area contributed by atoms with E-state index in [2.05, 4.69) is 47.7 Å². The van der Waals surface area contributed by atoms with Crippen LogP contribution >= 0.6 is 12.6 Å². The third-order valence-electron chi connectivity index (χ3n) is 6.74. The molecule has 0 fully saturated rings. The van der Waals surface area contributed by atoms with E-state index in [1.807, 2.05) is 34.6 Å². The van der Waals surface area contributed by atoms with E-state index in [9.17, 15) is 14.7 Å². The molecule has 12 heteroatoms. The van der Waals surface area contributed by atoms with Gasteiger partial charge in [0.2, 0.25) is 11.8 Å². The molecule has 11 nitrogen and oxygen atoms in total. The molecule has 0 spiro atoms. The molecule has 1 unspecified atom stereocenters. The van der Waals surface area contributed by atoms with Gasteiger partial charge in [-0.15, -0.1) is 0 Å². The van der Waals surface area contributed by atoms with Gasteiger partial charge in [0.15, 0.2) is 0 Å². The van der Waals surface area contributed by atoms with Crippen LogP contribution in [0.2, 0.25) is 0 Å². The van der Waals surface area contributed by atoms with Crippen molar-refractivity contribution in [2.24, 2.45) is 11.5 Å². The minimum atomic E-state index is -0.673. The molecule has 0 bridgehead atoms. The van der Waals surface area contributed by atoms with Crippen molar-refractivity contribution in [3.8, 4) is 0 Å². The molecule has 0 saturated carbocycles. The van der Waals surface area contributed by atoms with Crippen LogP contribution in [0.15, 0.2) is 0 Å². The minimum Gasteiger partial charge on any atom is -0.395 e. The summed E-state index contributed by atoms with van der Waals surface area (Å²) in [7, 11) is 0. The highest BCUT2D eigenvalue weighted by Crippen LogP contribution is 2.19. The topological polar surface area (TPSA) is 167 Å². The number of hydrogen-bond donors (Lipinski definition) is 8. The zero-order valence-corrected chi connectivity index (χ0v) is 27.2. The quantitative estimate of drug-likeness (QED) is 0.0454. The molecule has 0 aliphatic rings. The van der Waals surface area contributed by atoms with Crippen molar-refractivity contribution in [1.29, 1.82) is 0 Å². The smallest absolute Gasteiger partial charge is 0.225 e. The standard InChI is InChI=1S/C28H61N7O4S/c1-25(2,9-12-29)32-13-10-28(7,30)33-15-14-31-16-17-35(18-19-36)24(38)22-27(5,6)39-20-11-26(3,4)34-23(37)8-21-40/h31-33,36,40H,8-22,29-30H2,1-7H3,(H,34,37). The Hall–Kier alpha value is -0.990. The monoisotopic (exact) mass is 591 g/mol. The van der Waals surface area contributed by atoms with Gasteiger partial charge in [0.1, 0.15) is 0 Å². The lowest BCUT2D eigenvalue weighted by Crippen LogP contribution is -2.55. The summed E-state index contributed by atoms with van der Waals surface area (Å²) in [5.74, 6) is 0.399. The Morgan fingerprint density at radius 1 is 0.900 bits per heavy atom. The SMILES string of the molecule is CC(C)(CCN)NCCC(C)(N)NCCNCCN(CCO)C(=O)CC(C)(C)OCCC(C)(C)NC(=O)CCS. The summed E-state index contributed by atoms with van der Waals surface area (Å²) in [5.41, 5.74) is 10.5. The lowest BCUT2D eigenvalue weighted by atomic mass is 10.00. The van der Waals surface area contributed by atoms with E-state index in [0.717, 1.165) is 19.4 Å². The molecule has 9 N–H and O–H groups in total. The fourth-order valence-electron chi connectivity index (χ4n) is 4.17. The highest BCUT2D eigenvalue weighted by Gasteiger charge is 2.28. The summed E-state index contributed by atoms with van der Waals surface area (Å²) < 4.78 is 6.03. The Bertz CT molecular complexity index is 721. The van der Waals surface area contributed by atoms with E-state index in [1.54, 1.807) is 4.90 Å². The van der Waals surface area contributed by atoms with E-state index in [-0.39, 0.29) is 36.9 Å². The molecule has 0 aliphatic heterocycles. The summed E-state index contributed by atoms with van der Waals surface area (Å²) in [6.45, 7) is 18.4. The molecule has 0 aromatic rings. The zero-order valence-electron chi connectivity index (χ0n) is 26.3. The molecule has 0 heterocycles. The number of carbonyl (C=O) groups excluding carboxylic acids is 2. The first-order valence-corrected chi connectivity index (χ1v) is 15.3. The van der Waals surface area contributed by atoms with Crippen LogP contribution in [0.5, 0.6) is 0 Å². The molecule has 0 saturated heterocycles. The Balaban J connectivity index is 4.42. The molecule has 0 aromatic heterocycles. The zero-order chi connectivity index (χ0) is 30.9. The van der Waals surface area contributed by atoms with Gasteiger partial charge in [-0.3, -0.25) is 14.9 Å². The largest absolute Gasteiger partial charge is 0.395 e. The summed E-state index contributed by atoms with van der Waals surface area (Å²) >= 11 is 4.10. The average Bonchev–Trinajstić information content (AvgIpc) is 2.79. The first-order chi connectivity index (χ1) is 18.5. The molecule has 2 amide bonds. The van der Waals surface area contributed by atoms with Gasteiger partial charge in [0.05, 0.1) is 24.3 Å². The number of nitrogens with two attached hydrogens (primary N) is 2. The lowest BCUT2D eigenvalue weighted by molar-refractivity contribution is -0.138. The van der Waals surface area contributed by atoms with E-state index in [4.69, 9.17) is 16.2 Å². The summed E-state index contributed by atoms with van der Waals surface area (Å²) in [4.78, 5) is 26.5. The van der Waals surface area contributed by atoms with Crippen LogP contribution < -0.4 is 32.7 Å². The highest BCUT2D eigenvalue weighted by molar-refractivity contribution is 7.80. The van der Waals surface area contributed by atoms with Crippen LogP contribution in [-0.4, -0.2) is 109 Å². The third kappa shape index (κ3) is 20.0. The van der Waals surface area contributed by atoms with Gasteiger partial charge in [-0.25, -0.2) is 0 Å². The predicted molar refractivity (Wildman–Crippen MR) is 167 cm³/mol. The van der Waals surface area contributed by atoms with Crippen LogP contribution in [-0.2, 0) is 14.3 Å².